The molecule has 1 fully saturated rings. The Balaban J connectivity index is 1.46. The van der Waals surface area contributed by atoms with E-state index in [1.807, 2.05) is 40.9 Å². The van der Waals surface area contributed by atoms with Gasteiger partial charge in [-0.2, -0.15) is 5.10 Å². The number of likely N-dealkylation sites (tertiary alicyclic amines) is 1. The number of fused-ring (bicyclic) bond motifs is 1. The molecule has 6 heteroatoms. The second-order valence-corrected chi connectivity index (χ2v) is 6.85. The van der Waals surface area contributed by atoms with Crippen molar-refractivity contribution >= 4 is 6.03 Å². The van der Waals surface area contributed by atoms with Gasteiger partial charge < -0.3 is 15.0 Å². The molecular formula is C19H24N4O2. The summed E-state index contributed by atoms with van der Waals surface area (Å²) in [4.78, 5) is 14.9. The number of hydrogen-bond donors (Lipinski definition) is 1. The topological polar surface area (TPSA) is 59.4 Å². The Morgan fingerprint density at radius 1 is 1.28 bits per heavy atom. The average molecular weight is 340 g/mol. The van der Waals surface area contributed by atoms with E-state index in [9.17, 15) is 4.79 Å². The monoisotopic (exact) mass is 340 g/mol. The highest BCUT2D eigenvalue weighted by Crippen LogP contribution is 2.31. The highest BCUT2D eigenvalue weighted by molar-refractivity contribution is 5.75. The van der Waals surface area contributed by atoms with Crippen molar-refractivity contribution in [2.24, 2.45) is 7.05 Å². The van der Waals surface area contributed by atoms with Crippen LogP contribution >= 0.6 is 0 Å². The predicted molar refractivity (Wildman–Crippen MR) is 94.5 cm³/mol. The minimum absolute atomic E-state index is 0.00104. The summed E-state index contributed by atoms with van der Waals surface area (Å²) >= 11 is 0. The second-order valence-electron chi connectivity index (χ2n) is 6.85. The highest BCUT2D eigenvalue weighted by Gasteiger charge is 2.31. The number of hydrogen-bond acceptors (Lipinski definition) is 3. The smallest absolute Gasteiger partial charge is 0.318 e. The fourth-order valence-corrected chi connectivity index (χ4v) is 3.87. The molecule has 0 unspecified atom stereocenters. The molecule has 132 valence electrons. The third kappa shape index (κ3) is 3.21. The molecule has 3 heterocycles. The van der Waals surface area contributed by atoms with Gasteiger partial charge in [0, 0.05) is 19.8 Å². The third-order valence-corrected chi connectivity index (χ3v) is 5.17. The molecule has 2 amide bonds. The lowest BCUT2D eigenvalue weighted by molar-refractivity contribution is 0.138. The van der Waals surface area contributed by atoms with E-state index in [4.69, 9.17) is 4.74 Å². The zero-order valence-corrected chi connectivity index (χ0v) is 14.5. The van der Waals surface area contributed by atoms with Gasteiger partial charge in [0.2, 0.25) is 0 Å². The zero-order chi connectivity index (χ0) is 17.2. The standard InChI is InChI=1S/C19H24N4O2/c1-22-16(9-10-20-22)17-7-4-5-11-23(17)19(24)21-15-12-14-6-2-3-8-18(14)25-13-15/h2-3,6,8-10,15,17H,4-5,7,11-13H2,1H3,(H,21,24)/t15-,17+/m1/s1. The van der Waals surface area contributed by atoms with Crippen LogP contribution in [0.15, 0.2) is 36.5 Å². The number of amides is 2. The summed E-state index contributed by atoms with van der Waals surface area (Å²) in [7, 11) is 1.94. The van der Waals surface area contributed by atoms with Crippen LogP contribution in [0.25, 0.3) is 0 Å². The third-order valence-electron chi connectivity index (χ3n) is 5.17. The summed E-state index contributed by atoms with van der Waals surface area (Å²) in [5.41, 5.74) is 2.25. The Morgan fingerprint density at radius 3 is 3.00 bits per heavy atom. The number of carbonyl (C=O) groups is 1. The first-order chi connectivity index (χ1) is 12.2. The van der Waals surface area contributed by atoms with Crippen LogP contribution in [0, 0.1) is 0 Å². The van der Waals surface area contributed by atoms with E-state index in [1.54, 1.807) is 6.20 Å². The largest absolute Gasteiger partial charge is 0.491 e. The lowest BCUT2D eigenvalue weighted by atomic mass is 9.99. The number of rotatable bonds is 2. The molecule has 0 bridgehead atoms. The zero-order valence-electron chi connectivity index (χ0n) is 14.5. The number of urea groups is 1. The fourth-order valence-electron chi connectivity index (χ4n) is 3.87. The van der Waals surface area contributed by atoms with Gasteiger partial charge in [-0.25, -0.2) is 4.79 Å². The van der Waals surface area contributed by atoms with Crippen molar-refractivity contribution in [3.05, 3.63) is 47.8 Å². The lowest BCUT2D eigenvalue weighted by Crippen LogP contribution is -2.51. The molecular weight excluding hydrogens is 316 g/mol. The Labute approximate surface area is 147 Å². The van der Waals surface area contributed by atoms with Crippen molar-refractivity contribution < 1.29 is 9.53 Å². The fraction of sp³-hybridized carbons (Fsp3) is 0.474. The lowest BCUT2D eigenvalue weighted by Gasteiger charge is -2.37. The van der Waals surface area contributed by atoms with Gasteiger partial charge in [-0.1, -0.05) is 18.2 Å². The molecule has 0 aliphatic carbocycles. The molecule has 2 aromatic rings. The van der Waals surface area contributed by atoms with Crippen LogP contribution in [0.4, 0.5) is 4.79 Å². The Morgan fingerprint density at radius 2 is 2.16 bits per heavy atom. The molecule has 25 heavy (non-hydrogen) atoms. The number of benzene rings is 1. The van der Waals surface area contributed by atoms with Crippen LogP contribution in [-0.2, 0) is 13.5 Å². The molecule has 1 saturated heterocycles. The van der Waals surface area contributed by atoms with Crippen LogP contribution in [-0.4, -0.2) is 39.9 Å². The molecule has 0 radical (unpaired) electrons. The van der Waals surface area contributed by atoms with Gasteiger partial charge in [0.25, 0.3) is 0 Å². The van der Waals surface area contributed by atoms with Gasteiger partial charge in [-0.15, -0.1) is 0 Å². The predicted octanol–water partition coefficient (Wildman–Crippen LogP) is 2.66. The van der Waals surface area contributed by atoms with Gasteiger partial charge in [-0.05, 0) is 43.4 Å². The maximum Gasteiger partial charge on any atom is 0.318 e. The summed E-state index contributed by atoms with van der Waals surface area (Å²) < 4.78 is 7.67. The summed E-state index contributed by atoms with van der Waals surface area (Å²) in [5.74, 6) is 0.929. The average Bonchev–Trinajstić information content (AvgIpc) is 3.07. The van der Waals surface area contributed by atoms with Crippen LogP contribution in [0.5, 0.6) is 5.75 Å². The van der Waals surface area contributed by atoms with Gasteiger partial charge >= 0.3 is 6.03 Å². The normalized spacial score (nSPS) is 22.8. The van der Waals surface area contributed by atoms with Gasteiger partial charge in [-0.3, -0.25) is 4.68 Å². The number of aromatic nitrogens is 2. The first-order valence-electron chi connectivity index (χ1n) is 8.98. The molecule has 4 rings (SSSR count). The van der Waals surface area contributed by atoms with Crippen LogP contribution in [0.3, 0.4) is 0 Å². The number of ether oxygens (including phenoxy) is 1. The van der Waals surface area contributed by atoms with Crippen LogP contribution in [0.1, 0.15) is 36.6 Å². The molecule has 1 N–H and O–H groups in total. The Kier molecular flexibility index (Phi) is 4.34. The molecule has 6 nitrogen and oxygen atoms in total. The number of nitrogens with one attached hydrogen (secondary N) is 1. The Bertz CT molecular complexity index is 757. The summed E-state index contributed by atoms with van der Waals surface area (Å²) in [6.07, 6.45) is 5.78. The summed E-state index contributed by atoms with van der Waals surface area (Å²) in [5, 5.41) is 7.44. The molecule has 1 aromatic heterocycles. The van der Waals surface area contributed by atoms with Crippen LogP contribution in [0.2, 0.25) is 0 Å². The number of carbonyl (C=O) groups excluding carboxylic acids is 1. The Hall–Kier alpha value is -2.50. The van der Waals surface area contributed by atoms with E-state index >= 15 is 0 Å². The van der Waals surface area contributed by atoms with Crippen molar-refractivity contribution in [3.8, 4) is 5.75 Å². The minimum atomic E-state index is -0.00104. The molecule has 2 aliphatic heterocycles. The van der Waals surface area contributed by atoms with E-state index in [-0.39, 0.29) is 18.1 Å². The van der Waals surface area contributed by atoms with Gasteiger partial charge in [0.1, 0.15) is 12.4 Å². The SMILES string of the molecule is Cn1nccc1[C@@H]1CCCCN1C(=O)N[C@H]1COc2ccccc2C1. The first-order valence-corrected chi connectivity index (χ1v) is 8.98. The van der Waals surface area contributed by atoms with Crippen molar-refractivity contribution in [3.63, 3.8) is 0 Å². The second kappa shape index (κ2) is 6.78. The van der Waals surface area contributed by atoms with E-state index in [2.05, 4.69) is 16.5 Å². The van der Waals surface area contributed by atoms with E-state index in [0.717, 1.165) is 49.2 Å². The van der Waals surface area contributed by atoms with Crippen molar-refractivity contribution in [2.75, 3.05) is 13.2 Å². The molecule has 1 aromatic carbocycles. The maximum atomic E-state index is 12.9. The first kappa shape index (κ1) is 16.0. The molecule has 0 saturated carbocycles. The van der Waals surface area contributed by atoms with E-state index < -0.39 is 0 Å². The summed E-state index contributed by atoms with van der Waals surface area (Å²) in [6, 6.07) is 10.1. The number of nitrogens with zero attached hydrogens (tertiary/aromatic N) is 3. The molecule has 0 spiro atoms. The maximum absolute atomic E-state index is 12.9. The minimum Gasteiger partial charge on any atom is -0.491 e. The van der Waals surface area contributed by atoms with Crippen molar-refractivity contribution in [1.29, 1.82) is 0 Å². The van der Waals surface area contributed by atoms with Crippen molar-refractivity contribution in [2.45, 2.75) is 37.8 Å². The summed E-state index contributed by atoms with van der Waals surface area (Å²) in [6.45, 7) is 1.30. The molecule has 2 atom stereocenters. The number of aryl methyl sites for hydroxylation is 1. The van der Waals surface area contributed by atoms with Gasteiger partial charge in [0.15, 0.2) is 0 Å². The van der Waals surface area contributed by atoms with Crippen LogP contribution < -0.4 is 10.1 Å². The van der Waals surface area contributed by atoms with Crippen molar-refractivity contribution in [1.82, 2.24) is 20.0 Å². The number of piperidine rings is 1. The number of para-hydroxylation sites is 1. The highest BCUT2D eigenvalue weighted by atomic mass is 16.5. The van der Waals surface area contributed by atoms with E-state index in [1.165, 1.54) is 0 Å². The van der Waals surface area contributed by atoms with Gasteiger partial charge in [0.05, 0.1) is 17.8 Å². The quantitative estimate of drug-likeness (QED) is 0.914. The molecule has 2 aliphatic rings. The van der Waals surface area contributed by atoms with E-state index in [0.29, 0.717) is 6.61 Å².